The lowest BCUT2D eigenvalue weighted by Gasteiger charge is -2.11. The summed E-state index contributed by atoms with van der Waals surface area (Å²) in [4.78, 5) is 16.0. The number of nitrogens with zero attached hydrogens (tertiary/aromatic N) is 1. The third-order valence-corrected chi connectivity index (χ3v) is 3.80. The number of hydrogen-bond acceptors (Lipinski definition) is 3. The van der Waals surface area contributed by atoms with Gasteiger partial charge < -0.3 is 10.2 Å². The van der Waals surface area contributed by atoms with Crippen molar-refractivity contribution in [2.24, 2.45) is 0 Å². The molecule has 2 rings (SSSR count). The van der Waals surface area contributed by atoms with Crippen LogP contribution in [0.15, 0.2) is 36.4 Å². The van der Waals surface area contributed by atoms with Crippen LogP contribution in [0.25, 0.3) is 0 Å². The fourth-order valence-corrected chi connectivity index (χ4v) is 2.59. The van der Waals surface area contributed by atoms with Gasteiger partial charge in [0.1, 0.15) is 0 Å². The summed E-state index contributed by atoms with van der Waals surface area (Å²) in [6.45, 7) is 2.93. The van der Waals surface area contributed by atoms with E-state index in [1.165, 1.54) is 9.75 Å². The Morgan fingerprint density at radius 2 is 1.84 bits per heavy atom. The number of anilines is 1. The summed E-state index contributed by atoms with van der Waals surface area (Å²) in [6, 6.07) is 11.8. The van der Waals surface area contributed by atoms with Crippen molar-refractivity contribution in [2.45, 2.75) is 13.5 Å². The summed E-state index contributed by atoms with van der Waals surface area (Å²) in [6.07, 6.45) is 0. The lowest BCUT2D eigenvalue weighted by Crippen LogP contribution is -2.21. The minimum atomic E-state index is 0.0282. The number of carbonyl (C=O) groups is 1. The number of hydrogen-bond donors (Lipinski definition) is 1. The molecule has 0 atom stereocenters. The Labute approximate surface area is 117 Å². The first-order valence-electron chi connectivity index (χ1n) is 6.17. The molecule has 0 saturated heterocycles. The molecule has 100 valence electrons. The summed E-state index contributed by atoms with van der Waals surface area (Å²) >= 11 is 1.80. The molecular weight excluding hydrogens is 256 g/mol. The highest BCUT2D eigenvalue weighted by Crippen LogP contribution is 2.17. The first-order valence-corrected chi connectivity index (χ1v) is 6.99. The van der Waals surface area contributed by atoms with Crippen molar-refractivity contribution >= 4 is 22.9 Å². The van der Waals surface area contributed by atoms with Gasteiger partial charge in [-0.25, -0.2) is 0 Å². The number of aryl methyl sites for hydroxylation is 1. The van der Waals surface area contributed by atoms with E-state index in [9.17, 15) is 4.79 Å². The second-order valence-electron chi connectivity index (χ2n) is 4.64. The smallest absolute Gasteiger partial charge is 0.253 e. The molecule has 0 fully saturated rings. The van der Waals surface area contributed by atoms with Crippen LogP contribution in [-0.2, 0) is 6.54 Å². The molecule has 1 amide bonds. The molecule has 0 aliphatic heterocycles. The number of amides is 1. The van der Waals surface area contributed by atoms with Gasteiger partial charge in [0, 0.05) is 41.6 Å². The van der Waals surface area contributed by atoms with Gasteiger partial charge in [-0.15, -0.1) is 11.3 Å². The maximum absolute atomic E-state index is 11.7. The zero-order chi connectivity index (χ0) is 13.8. The minimum absolute atomic E-state index is 0.0282. The predicted octanol–water partition coefficient (Wildman–Crippen LogP) is 3.37. The van der Waals surface area contributed by atoms with Crippen LogP contribution >= 0.6 is 11.3 Å². The zero-order valence-electron chi connectivity index (χ0n) is 11.4. The van der Waals surface area contributed by atoms with Gasteiger partial charge in [-0.1, -0.05) is 0 Å². The SMILES string of the molecule is Cc1ccc(CNc2ccc(C(=O)N(C)C)cc2)s1. The molecule has 0 aliphatic rings. The molecule has 0 radical (unpaired) electrons. The third kappa shape index (κ3) is 3.58. The molecule has 1 heterocycles. The maximum Gasteiger partial charge on any atom is 0.253 e. The normalized spacial score (nSPS) is 10.3. The summed E-state index contributed by atoms with van der Waals surface area (Å²) < 4.78 is 0. The Bertz CT molecular complexity index is 558. The summed E-state index contributed by atoms with van der Waals surface area (Å²) in [5, 5.41) is 3.36. The van der Waals surface area contributed by atoms with Gasteiger partial charge in [0.15, 0.2) is 0 Å². The molecule has 1 aromatic heterocycles. The Hall–Kier alpha value is -1.81. The predicted molar refractivity (Wildman–Crippen MR) is 80.8 cm³/mol. The molecule has 0 bridgehead atoms. The van der Waals surface area contributed by atoms with Crippen molar-refractivity contribution in [3.63, 3.8) is 0 Å². The molecule has 1 N–H and O–H groups in total. The standard InChI is InChI=1S/C15H18N2OS/c1-11-4-9-14(19-11)10-16-13-7-5-12(6-8-13)15(18)17(2)3/h4-9,16H,10H2,1-3H3. The van der Waals surface area contributed by atoms with Crippen molar-refractivity contribution < 1.29 is 4.79 Å². The van der Waals surface area contributed by atoms with Crippen LogP contribution in [0.1, 0.15) is 20.1 Å². The molecular formula is C15H18N2OS. The second-order valence-corrected chi connectivity index (χ2v) is 6.02. The van der Waals surface area contributed by atoms with E-state index in [0.29, 0.717) is 5.56 Å². The third-order valence-electron chi connectivity index (χ3n) is 2.80. The van der Waals surface area contributed by atoms with Gasteiger partial charge in [0.05, 0.1) is 0 Å². The van der Waals surface area contributed by atoms with Gasteiger partial charge in [-0.3, -0.25) is 4.79 Å². The highest BCUT2D eigenvalue weighted by Gasteiger charge is 2.06. The second kappa shape index (κ2) is 5.89. The van der Waals surface area contributed by atoms with Crippen molar-refractivity contribution in [3.05, 3.63) is 51.7 Å². The van der Waals surface area contributed by atoms with E-state index in [4.69, 9.17) is 0 Å². The van der Waals surface area contributed by atoms with Crippen LogP contribution in [0.4, 0.5) is 5.69 Å². The molecule has 0 spiro atoms. The highest BCUT2D eigenvalue weighted by molar-refractivity contribution is 7.11. The lowest BCUT2D eigenvalue weighted by atomic mass is 10.2. The largest absolute Gasteiger partial charge is 0.380 e. The average Bonchev–Trinajstić information content (AvgIpc) is 2.82. The Kier molecular flexibility index (Phi) is 4.22. The van der Waals surface area contributed by atoms with Gasteiger partial charge >= 0.3 is 0 Å². The minimum Gasteiger partial charge on any atom is -0.380 e. The number of carbonyl (C=O) groups excluding carboxylic acids is 1. The highest BCUT2D eigenvalue weighted by atomic mass is 32.1. The van der Waals surface area contributed by atoms with Crippen LogP contribution < -0.4 is 5.32 Å². The summed E-state index contributed by atoms with van der Waals surface area (Å²) in [7, 11) is 3.52. The van der Waals surface area contributed by atoms with Gasteiger partial charge in [0.2, 0.25) is 0 Å². The van der Waals surface area contributed by atoms with E-state index in [1.807, 2.05) is 24.3 Å². The molecule has 19 heavy (non-hydrogen) atoms. The Balaban J connectivity index is 1.97. The first-order chi connectivity index (χ1) is 9.06. The van der Waals surface area contributed by atoms with Crippen molar-refractivity contribution in [1.82, 2.24) is 4.90 Å². The molecule has 3 nitrogen and oxygen atoms in total. The molecule has 0 unspecified atom stereocenters. The maximum atomic E-state index is 11.7. The fourth-order valence-electron chi connectivity index (χ4n) is 1.76. The summed E-state index contributed by atoms with van der Waals surface area (Å²) in [5.41, 5.74) is 1.74. The van der Waals surface area contributed by atoms with Crippen LogP contribution in [-0.4, -0.2) is 24.9 Å². The van der Waals surface area contributed by atoms with Crippen molar-refractivity contribution in [1.29, 1.82) is 0 Å². The van der Waals surface area contributed by atoms with E-state index >= 15 is 0 Å². The van der Waals surface area contributed by atoms with Crippen LogP contribution in [0.2, 0.25) is 0 Å². The monoisotopic (exact) mass is 274 g/mol. The van der Waals surface area contributed by atoms with Gasteiger partial charge in [-0.05, 0) is 43.3 Å². The molecule has 0 saturated carbocycles. The molecule has 4 heteroatoms. The van der Waals surface area contributed by atoms with Gasteiger partial charge in [0.25, 0.3) is 5.91 Å². The Morgan fingerprint density at radius 1 is 1.16 bits per heavy atom. The van der Waals surface area contributed by atoms with Crippen LogP contribution in [0.3, 0.4) is 0 Å². The van der Waals surface area contributed by atoms with Crippen LogP contribution in [0, 0.1) is 6.92 Å². The number of rotatable bonds is 4. The van der Waals surface area contributed by atoms with Gasteiger partial charge in [-0.2, -0.15) is 0 Å². The number of nitrogens with one attached hydrogen (secondary N) is 1. The van der Waals surface area contributed by atoms with Crippen molar-refractivity contribution in [2.75, 3.05) is 19.4 Å². The zero-order valence-corrected chi connectivity index (χ0v) is 12.3. The number of thiophene rings is 1. The van der Waals surface area contributed by atoms with E-state index in [-0.39, 0.29) is 5.91 Å². The summed E-state index contributed by atoms with van der Waals surface area (Å²) in [5.74, 6) is 0.0282. The van der Waals surface area contributed by atoms with E-state index in [0.717, 1.165) is 12.2 Å². The lowest BCUT2D eigenvalue weighted by molar-refractivity contribution is 0.0827. The first kappa shape index (κ1) is 13.6. The average molecular weight is 274 g/mol. The van der Waals surface area contributed by atoms with E-state index < -0.39 is 0 Å². The van der Waals surface area contributed by atoms with Crippen molar-refractivity contribution in [3.8, 4) is 0 Å². The molecule has 2 aromatic rings. The van der Waals surface area contributed by atoms with E-state index in [1.54, 1.807) is 30.3 Å². The quantitative estimate of drug-likeness (QED) is 0.927. The Morgan fingerprint density at radius 3 is 2.37 bits per heavy atom. The topological polar surface area (TPSA) is 32.3 Å². The fraction of sp³-hybridized carbons (Fsp3) is 0.267. The van der Waals surface area contributed by atoms with Crippen LogP contribution in [0.5, 0.6) is 0 Å². The molecule has 1 aromatic carbocycles. The van der Waals surface area contributed by atoms with E-state index in [2.05, 4.69) is 24.4 Å². The number of benzene rings is 1. The molecule has 0 aliphatic carbocycles.